The Balaban J connectivity index is 1.61. The molecule has 4 heteroatoms. The molecule has 23 heavy (non-hydrogen) atoms. The third-order valence-electron chi connectivity index (χ3n) is 3.71. The van der Waals surface area contributed by atoms with Crippen molar-refractivity contribution in [1.82, 2.24) is 10.6 Å². The Morgan fingerprint density at radius 3 is 2.57 bits per heavy atom. The molecule has 2 N–H and O–H groups in total. The highest BCUT2D eigenvalue weighted by Crippen LogP contribution is 2.20. The van der Waals surface area contributed by atoms with Gasteiger partial charge in [-0.25, -0.2) is 0 Å². The first-order chi connectivity index (χ1) is 11.2. The Morgan fingerprint density at radius 2 is 1.78 bits per heavy atom. The number of nitrogens with one attached hydrogen (secondary N) is 2. The largest absolute Gasteiger partial charge is 0.486 e. The van der Waals surface area contributed by atoms with Crippen LogP contribution in [-0.2, 0) is 6.54 Å². The second-order valence-electron chi connectivity index (χ2n) is 5.50. The van der Waals surface area contributed by atoms with Crippen molar-refractivity contribution >= 4 is 17.2 Å². The number of rotatable bonds is 8. The van der Waals surface area contributed by atoms with Gasteiger partial charge in [-0.3, -0.25) is 0 Å². The maximum absolute atomic E-state index is 5.78. The van der Waals surface area contributed by atoms with E-state index in [9.17, 15) is 0 Å². The average Bonchev–Trinajstić information content (AvgIpc) is 2.57. The molecule has 122 valence electrons. The van der Waals surface area contributed by atoms with E-state index in [4.69, 9.17) is 17.0 Å². The van der Waals surface area contributed by atoms with Gasteiger partial charge in [0.15, 0.2) is 0 Å². The number of hydrogen-bond acceptors (Lipinski definition) is 3. The summed E-state index contributed by atoms with van der Waals surface area (Å²) in [6.45, 7) is 7.08. The van der Waals surface area contributed by atoms with Crippen molar-refractivity contribution in [2.24, 2.45) is 0 Å². The fourth-order valence-electron chi connectivity index (χ4n) is 2.19. The molecule has 0 spiro atoms. The zero-order chi connectivity index (χ0) is 16.5. The molecule has 0 amide bonds. The summed E-state index contributed by atoms with van der Waals surface area (Å²) >= 11 is 5.31. The smallest absolute Gasteiger partial charge is 0.138 e. The Kier molecular flexibility index (Phi) is 7.04. The molecule has 0 bridgehead atoms. The molecule has 2 rings (SSSR count). The summed E-state index contributed by atoms with van der Waals surface area (Å²) in [5.41, 5.74) is 3.68. The minimum absolute atomic E-state index is 0.415. The van der Waals surface area contributed by atoms with E-state index in [1.165, 1.54) is 16.7 Å². The lowest BCUT2D eigenvalue weighted by Crippen LogP contribution is -2.33. The van der Waals surface area contributed by atoms with E-state index >= 15 is 0 Å². The van der Waals surface area contributed by atoms with Crippen LogP contribution in [-0.4, -0.2) is 24.7 Å². The molecule has 3 nitrogen and oxygen atoms in total. The van der Waals surface area contributed by atoms with Crippen LogP contribution in [0, 0.1) is 13.8 Å². The normalized spacial score (nSPS) is 10.3. The van der Waals surface area contributed by atoms with E-state index in [1.807, 2.05) is 18.2 Å². The molecule has 0 radical (unpaired) electrons. The van der Waals surface area contributed by atoms with Gasteiger partial charge in [0.2, 0.25) is 0 Å². The molecule has 0 atom stereocenters. The van der Waals surface area contributed by atoms with E-state index in [2.05, 4.69) is 54.8 Å². The fourth-order valence-corrected chi connectivity index (χ4v) is 2.35. The maximum atomic E-state index is 5.78. The van der Waals surface area contributed by atoms with Gasteiger partial charge >= 0.3 is 0 Å². The lowest BCUT2D eigenvalue weighted by atomic mass is 10.1. The van der Waals surface area contributed by atoms with Crippen LogP contribution in [0.5, 0.6) is 5.75 Å². The summed E-state index contributed by atoms with van der Waals surface area (Å²) in [6.07, 6.45) is 0. The van der Waals surface area contributed by atoms with Crippen molar-refractivity contribution in [2.75, 3.05) is 19.7 Å². The fraction of sp³-hybridized carbons (Fsp3) is 0.316. The second-order valence-corrected chi connectivity index (χ2v) is 5.99. The summed E-state index contributed by atoms with van der Waals surface area (Å²) in [7, 11) is 0. The molecule has 0 unspecified atom stereocenters. The second kappa shape index (κ2) is 9.28. The van der Waals surface area contributed by atoms with Gasteiger partial charge < -0.3 is 15.4 Å². The van der Waals surface area contributed by atoms with Crippen molar-refractivity contribution in [1.29, 1.82) is 0 Å². The minimum Gasteiger partial charge on any atom is -0.486 e. The predicted molar refractivity (Wildman–Crippen MR) is 100 cm³/mol. The molecule has 0 saturated heterocycles. The SMILES string of the molecule is Cc1cccc(OCC(=S)NCCNCc2ccccc2)c1C. The third-order valence-corrected chi connectivity index (χ3v) is 3.97. The minimum atomic E-state index is 0.415. The molecule has 0 aliphatic carbocycles. The topological polar surface area (TPSA) is 33.3 Å². The highest BCUT2D eigenvalue weighted by atomic mass is 32.1. The van der Waals surface area contributed by atoms with Gasteiger partial charge in [0.05, 0.1) is 0 Å². The number of hydrogen-bond donors (Lipinski definition) is 2. The highest BCUT2D eigenvalue weighted by Gasteiger charge is 2.03. The number of ether oxygens (including phenoxy) is 1. The van der Waals surface area contributed by atoms with Crippen LogP contribution in [0.3, 0.4) is 0 Å². The van der Waals surface area contributed by atoms with Crippen molar-refractivity contribution in [2.45, 2.75) is 20.4 Å². The van der Waals surface area contributed by atoms with Gasteiger partial charge in [-0.1, -0.05) is 54.7 Å². The molecule has 2 aromatic carbocycles. The zero-order valence-electron chi connectivity index (χ0n) is 13.8. The Hall–Kier alpha value is -1.91. The summed E-state index contributed by atoms with van der Waals surface area (Å²) in [4.78, 5) is 0.729. The molecule has 0 heterocycles. The van der Waals surface area contributed by atoms with E-state index in [1.54, 1.807) is 0 Å². The summed E-state index contributed by atoms with van der Waals surface area (Å²) in [5, 5.41) is 6.60. The van der Waals surface area contributed by atoms with E-state index in [-0.39, 0.29) is 0 Å². The number of benzene rings is 2. The average molecular weight is 328 g/mol. The van der Waals surface area contributed by atoms with Gasteiger partial charge in [0, 0.05) is 19.6 Å². The Morgan fingerprint density at radius 1 is 1.00 bits per heavy atom. The van der Waals surface area contributed by atoms with E-state index in [0.29, 0.717) is 6.61 Å². The highest BCUT2D eigenvalue weighted by molar-refractivity contribution is 7.80. The Labute approximate surface area is 144 Å². The standard InChI is InChI=1S/C19H24N2OS/c1-15-7-6-10-18(16(15)2)22-14-19(23)21-12-11-20-13-17-8-4-3-5-9-17/h3-10,20H,11-14H2,1-2H3,(H,21,23). The first kappa shape index (κ1) is 17.4. The molecular formula is C19H24N2OS. The maximum Gasteiger partial charge on any atom is 0.138 e. The first-order valence-electron chi connectivity index (χ1n) is 7.87. The van der Waals surface area contributed by atoms with Crippen LogP contribution >= 0.6 is 12.2 Å². The van der Waals surface area contributed by atoms with E-state index in [0.717, 1.165) is 30.4 Å². The van der Waals surface area contributed by atoms with Gasteiger partial charge in [-0.2, -0.15) is 0 Å². The predicted octanol–water partition coefficient (Wildman–Crippen LogP) is 3.39. The summed E-state index contributed by atoms with van der Waals surface area (Å²) in [6, 6.07) is 16.4. The lowest BCUT2D eigenvalue weighted by Gasteiger charge is -2.13. The van der Waals surface area contributed by atoms with Crippen LogP contribution in [0.1, 0.15) is 16.7 Å². The summed E-state index contributed by atoms with van der Waals surface area (Å²) in [5.74, 6) is 0.899. The first-order valence-corrected chi connectivity index (χ1v) is 8.28. The number of thiocarbonyl (C=S) groups is 1. The third kappa shape index (κ3) is 6.00. The van der Waals surface area contributed by atoms with Crippen LogP contribution < -0.4 is 15.4 Å². The molecule has 0 aliphatic rings. The Bertz CT molecular complexity index is 629. The molecule has 2 aromatic rings. The monoisotopic (exact) mass is 328 g/mol. The quantitative estimate of drug-likeness (QED) is 0.575. The van der Waals surface area contributed by atoms with E-state index < -0.39 is 0 Å². The van der Waals surface area contributed by atoms with Crippen LogP contribution in [0.25, 0.3) is 0 Å². The van der Waals surface area contributed by atoms with Gasteiger partial charge in [-0.15, -0.1) is 0 Å². The van der Waals surface area contributed by atoms with Crippen molar-refractivity contribution in [3.05, 3.63) is 65.2 Å². The van der Waals surface area contributed by atoms with Crippen molar-refractivity contribution in [3.8, 4) is 5.75 Å². The molecule has 0 fully saturated rings. The molecule has 0 aliphatic heterocycles. The van der Waals surface area contributed by atoms with Gasteiger partial charge in [0.25, 0.3) is 0 Å². The lowest BCUT2D eigenvalue weighted by molar-refractivity contribution is 0.371. The van der Waals surface area contributed by atoms with Gasteiger partial charge in [-0.05, 0) is 36.6 Å². The molecule has 0 saturated carbocycles. The van der Waals surface area contributed by atoms with Crippen LogP contribution in [0.15, 0.2) is 48.5 Å². The number of aryl methyl sites for hydroxylation is 1. The van der Waals surface area contributed by atoms with Crippen molar-refractivity contribution in [3.63, 3.8) is 0 Å². The van der Waals surface area contributed by atoms with Crippen molar-refractivity contribution < 1.29 is 4.74 Å². The molecular weight excluding hydrogens is 304 g/mol. The van der Waals surface area contributed by atoms with Gasteiger partial charge in [0.1, 0.15) is 17.3 Å². The zero-order valence-corrected chi connectivity index (χ0v) is 14.6. The molecule has 0 aromatic heterocycles. The van der Waals surface area contributed by atoms with Crippen LogP contribution in [0.4, 0.5) is 0 Å². The van der Waals surface area contributed by atoms with Crippen LogP contribution in [0.2, 0.25) is 0 Å². The summed E-state index contributed by atoms with van der Waals surface area (Å²) < 4.78 is 5.78.